The molecule has 0 N–H and O–H groups in total. The molecule has 1 aromatic heterocycles. The Labute approximate surface area is 116 Å². The lowest BCUT2D eigenvalue weighted by Crippen LogP contribution is -1.99. The molecule has 0 aliphatic carbocycles. The standard InChI is InChI=1S/C14H19FOS2/c1-2-3-4-5-6-7-11(16)14-13(15)10-8-17-9-12(10)18-14/h2-9H2,1H3. The number of halogens is 1. The van der Waals surface area contributed by atoms with Gasteiger partial charge in [0.25, 0.3) is 0 Å². The molecule has 0 atom stereocenters. The van der Waals surface area contributed by atoms with Crippen molar-refractivity contribution in [2.24, 2.45) is 0 Å². The van der Waals surface area contributed by atoms with Crippen LogP contribution in [-0.2, 0) is 11.5 Å². The quantitative estimate of drug-likeness (QED) is 0.507. The minimum Gasteiger partial charge on any atom is -0.293 e. The van der Waals surface area contributed by atoms with E-state index < -0.39 is 0 Å². The number of Topliss-reactive ketones (excluding diaryl/α,β-unsaturated/α-hetero) is 1. The summed E-state index contributed by atoms with van der Waals surface area (Å²) in [4.78, 5) is 13.4. The zero-order valence-electron chi connectivity index (χ0n) is 10.8. The van der Waals surface area contributed by atoms with Crippen molar-refractivity contribution in [3.63, 3.8) is 0 Å². The number of thioether (sulfide) groups is 1. The summed E-state index contributed by atoms with van der Waals surface area (Å²) in [5.74, 6) is 1.40. The Bertz CT molecular complexity index is 426. The van der Waals surface area contributed by atoms with E-state index in [2.05, 4.69) is 6.92 Å². The third kappa shape index (κ3) is 3.15. The summed E-state index contributed by atoms with van der Waals surface area (Å²) in [5, 5.41) is 0. The lowest BCUT2D eigenvalue weighted by molar-refractivity contribution is 0.0979. The van der Waals surface area contributed by atoms with E-state index in [-0.39, 0.29) is 11.6 Å². The molecule has 18 heavy (non-hydrogen) atoms. The van der Waals surface area contributed by atoms with Crippen LogP contribution in [0.15, 0.2) is 0 Å². The number of fused-ring (bicyclic) bond motifs is 1. The molecule has 0 fully saturated rings. The van der Waals surface area contributed by atoms with Crippen molar-refractivity contribution >= 4 is 28.9 Å². The molecule has 100 valence electrons. The molecular formula is C14H19FOS2. The summed E-state index contributed by atoms with van der Waals surface area (Å²) >= 11 is 3.11. The number of thiophene rings is 1. The highest BCUT2D eigenvalue weighted by atomic mass is 32.2. The minimum absolute atomic E-state index is 0.00778. The van der Waals surface area contributed by atoms with Gasteiger partial charge in [0.1, 0.15) is 10.7 Å². The van der Waals surface area contributed by atoms with Gasteiger partial charge in [0.15, 0.2) is 5.78 Å². The number of unbranched alkanes of at least 4 members (excludes halogenated alkanes) is 4. The lowest BCUT2D eigenvalue weighted by atomic mass is 10.1. The third-order valence-electron chi connectivity index (χ3n) is 3.27. The van der Waals surface area contributed by atoms with Crippen molar-refractivity contribution in [2.45, 2.75) is 57.0 Å². The molecule has 1 aliphatic heterocycles. The first-order chi connectivity index (χ1) is 8.74. The molecule has 2 heterocycles. The van der Waals surface area contributed by atoms with E-state index in [4.69, 9.17) is 0 Å². The zero-order valence-corrected chi connectivity index (χ0v) is 12.4. The molecule has 0 amide bonds. The number of hydrogen-bond donors (Lipinski definition) is 0. The Morgan fingerprint density at radius 1 is 1.22 bits per heavy atom. The van der Waals surface area contributed by atoms with Crippen molar-refractivity contribution in [1.82, 2.24) is 0 Å². The number of carbonyl (C=O) groups excluding carboxylic acids is 1. The Morgan fingerprint density at radius 2 is 2.00 bits per heavy atom. The maximum atomic E-state index is 14.0. The van der Waals surface area contributed by atoms with Crippen molar-refractivity contribution in [2.75, 3.05) is 0 Å². The van der Waals surface area contributed by atoms with E-state index in [0.29, 0.717) is 11.3 Å². The molecular weight excluding hydrogens is 267 g/mol. The molecule has 1 aromatic rings. The van der Waals surface area contributed by atoms with Gasteiger partial charge in [0, 0.05) is 28.4 Å². The molecule has 0 saturated heterocycles. The molecule has 0 radical (unpaired) electrons. The van der Waals surface area contributed by atoms with Gasteiger partial charge < -0.3 is 0 Å². The van der Waals surface area contributed by atoms with Crippen molar-refractivity contribution < 1.29 is 9.18 Å². The number of ketones is 1. The highest BCUT2D eigenvalue weighted by Gasteiger charge is 2.25. The smallest absolute Gasteiger partial charge is 0.175 e. The van der Waals surface area contributed by atoms with E-state index in [1.165, 1.54) is 30.6 Å². The molecule has 0 aromatic carbocycles. The molecule has 0 spiro atoms. The first-order valence-electron chi connectivity index (χ1n) is 6.65. The Kier molecular flexibility index (Phi) is 5.25. The monoisotopic (exact) mass is 286 g/mol. The maximum Gasteiger partial charge on any atom is 0.175 e. The number of carbonyl (C=O) groups is 1. The summed E-state index contributed by atoms with van der Waals surface area (Å²) in [6.07, 6.45) is 6.11. The SMILES string of the molecule is CCCCCCCC(=O)c1sc2c(c1F)CSC2. The van der Waals surface area contributed by atoms with Gasteiger partial charge in [-0.05, 0) is 6.42 Å². The molecule has 2 rings (SSSR count). The number of hydrogen-bond acceptors (Lipinski definition) is 3. The van der Waals surface area contributed by atoms with Gasteiger partial charge in [-0.2, -0.15) is 11.8 Å². The molecule has 0 saturated carbocycles. The molecule has 1 nitrogen and oxygen atoms in total. The van der Waals surface area contributed by atoms with Crippen LogP contribution in [0.25, 0.3) is 0 Å². The maximum absolute atomic E-state index is 14.0. The predicted octanol–water partition coefficient (Wildman–Crippen LogP) is 5.18. The fourth-order valence-electron chi connectivity index (χ4n) is 2.18. The van der Waals surface area contributed by atoms with Crippen molar-refractivity contribution in [1.29, 1.82) is 0 Å². The van der Waals surface area contributed by atoms with Gasteiger partial charge in [-0.15, -0.1) is 11.3 Å². The normalized spacial score (nSPS) is 13.9. The summed E-state index contributed by atoms with van der Waals surface area (Å²) in [6.45, 7) is 2.17. The fraction of sp³-hybridized carbons (Fsp3) is 0.643. The predicted molar refractivity (Wildman–Crippen MR) is 77.0 cm³/mol. The molecule has 1 aliphatic rings. The highest BCUT2D eigenvalue weighted by molar-refractivity contribution is 7.98. The topological polar surface area (TPSA) is 17.1 Å². The average Bonchev–Trinajstić information content (AvgIpc) is 2.92. The van der Waals surface area contributed by atoms with Crippen molar-refractivity contribution in [3.8, 4) is 0 Å². The van der Waals surface area contributed by atoms with Gasteiger partial charge in [-0.1, -0.05) is 32.6 Å². The van der Waals surface area contributed by atoms with Gasteiger partial charge in [-0.3, -0.25) is 4.79 Å². The summed E-state index contributed by atoms with van der Waals surface area (Å²) < 4.78 is 14.0. The van der Waals surface area contributed by atoms with Crippen LogP contribution in [0.4, 0.5) is 4.39 Å². The van der Waals surface area contributed by atoms with E-state index in [0.717, 1.165) is 34.8 Å². The van der Waals surface area contributed by atoms with Crippen LogP contribution in [0.1, 0.15) is 65.6 Å². The van der Waals surface area contributed by atoms with Crippen molar-refractivity contribution in [3.05, 3.63) is 21.1 Å². The Hall–Kier alpha value is -0.350. The third-order valence-corrected chi connectivity index (χ3v) is 5.68. The highest BCUT2D eigenvalue weighted by Crippen LogP contribution is 2.39. The van der Waals surface area contributed by atoms with E-state index in [9.17, 15) is 9.18 Å². The van der Waals surface area contributed by atoms with Crippen LogP contribution in [0, 0.1) is 5.82 Å². The van der Waals surface area contributed by atoms with Gasteiger partial charge >= 0.3 is 0 Å². The first-order valence-corrected chi connectivity index (χ1v) is 8.62. The number of rotatable bonds is 7. The Morgan fingerprint density at radius 3 is 2.72 bits per heavy atom. The second-order valence-corrected chi connectivity index (χ2v) is 6.82. The van der Waals surface area contributed by atoms with Gasteiger partial charge in [0.05, 0.1) is 0 Å². The van der Waals surface area contributed by atoms with Crippen LogP contribution in [0.2, 0.25) is 0 Å². The first kappa shape index (κ1) is 14.1. The lowest BCUT2D eigenvalue weighted by Gasteiger charge is -2.00. The summed E-state index contributed by atoms with van der Waals surface area (Å²) in [7, 11) is 0. The largest absolute Gasteiger partial charge is 0.293 e. The molecule has 0 bridgehead atoms. The van der Waals surface area contributed by atoms with E-state index in [1.54, 1.807) is 11.8 Å². The van der Waals surface area contributed by atoms with Crippen LogP contribution in [0.3, 0.4) is 0 Å². The van der Waals surface area contributed by atoms with Gasteiger partial charge in [0.2, 0.25) is 0 Å². The Balaban J connectivity index is 1.86. The van der Waals surface area contributed by atoms with Crippen LogP contribution in [-0.4, -0.2) is 5.78 Å². The second kappa shape index (κ2) is 6.71. The zero-order chi connectivity index (χ0) is 13.0. The average molecular weight is 286 g/mol. The summed E-state index contributed by atoms with van der Waals surface area (Å²) in [6, 6.07) is 0. The minimum atomic E-state index is -0.224. The fourth-order valence-corrected chi connectivity index (χ4v) is 4.68. The van der Waals surface area contributed by atoms with Crippen LogP contribution >= 0.6 is 23.1 Å². The molecule has 0 unspecified atom stereocenters. The van der Waals surface area contributed by atoms with E-state index >= 15 is 0 Å². The van der Waals surface area contributed by atoms with E-state index in [1.807, 2.05) is 0 Å². The van der Waals surface area contributed by atoms with Crippen LogP contribution in [0.5, 0.6) is 0 Å². The van der Waals surface area contributed by atoms with Gasteiger partial charge in [-0.25, -0.2) is 4.39 Å². The van der Waals surface area contributed by atoms with Crippen LogP contribution < -0.4 is 0 Å². The molecule has 4 heteroatoms. The second-order valence-electron chi connectivity index (χ2n) is 4.73. The summed E-state index contributed by atoms with van der Waals surface area (Å²) in [5.41, 5.74) is 0.791.